The van der Waals surface area contributed by atoms with E-state index in [1.165, 1.54) is 12.1 Å². The molecule has 0 aliphatic carbocycles. The lowest BCUT2D eigenvalue weighted by atomic mass is 10.1. The van der Waals surface area contributed by atoms with Crippen molar-refractivity contribution in [2.24, 2.45) is 0 Å². The zero-order chi connectivity index (χ0) is 14.6. The van der Waals surface area contributed by atoms with E-state index in [4.69, 9.17) is 10.7 Å². The van der Waals surface area contributed by atoms with Crippen LogP contribution in [-0.4, -0.2) is 27.0 Å². The molecule has 1 heterocycles. The average molecular weight is 311 g/mol. The maximum Gasteiger partial charge on any atom is 0.261 e. The lowest BCUT2D eigenvalue weighted by Crippen LogP contribution is -2.20. The van der Waals surface area contributed by atoms with Crippen LogP contribution >= 0.6 is 10.7 Å². The van der Waals surface area contributed by atoms with Crippen LogP contribution in [0.15, 0.2) is 53.7 Å². The summed E-state index contributed by atoms with van der Waals surface area (Å²) >= 11 is 0. The highest BCUT2D eigenvalue weighted by molar-refractivity contribution is 8.13. The zero-order valence-electron chi connectivity index (χ0n) is 11.0. The van der Waals surface area contributed by atoms with Crippen molar-refractivity contribution < 1.29 is 8.42 Å². The monoisotopic (exact) mass is 310 g/mol. The summed E-state index contributed by atoms with van der Waals surface area (Å²) in [5.74, 6) is 0. The summed E-state index contributed by atoms with van der Waals surface area (Å²) in [6, 6.07) is 10.5. The maximum absolute atomic E-state index is 11.1. The minimum absolute atomic E-state index is 0.130. The fraction of sp³-hybridized carbons (Fsp3) is 0.214. The molecular formula is C14H15ClN2O2S. The molecule has 0 saturated carbocycles. The van der Waals surface area contributed by atoms with Crippen molar-refractivity contribution in [1.29, 1.82) is 0 Å². The Balaban J connectivity index is 1.98. The summed E-state index contributed by atoms with van der Waals surface area (Å²) in [7, 11) is 3.64. The molecule has 1 aromatic carbocycles. The van der Waals surface area contributed by atoms with E-state index in [1.54, 1.807) is 24.5 Å². The van der Waals surface area contributed by atoms with Crippen LogP contribution in [-0.2, 0) is 15.5 Å². The van der Waals surface area contributed by atoms with Gasteiger partial charge in [-0.2, -0.15) is 0 Å². The van der Waals surface area contributed by atoms with Crippen LogP contribution in [0, 0.1) is 0 Å². The molecule has 2 rings (SSSR count). The second kappa shape index (κ2) is 6.24. The topological polar surface area (TPSA) is 50.3 Å². The van der Waals surface area contributed by atoms with E-state index in [-0.39, 0.29) is 4.90 Å². The van der Waals surface area contributed by atoms with Crippen LogP contribution in [0.5, 0.6) is 0 Å². The quantitative estimate of drug-likeness (QED) is 0.797. The fourth-order valence-corrected chi connectivity index (χ4v) is 2.61. The summed E-state index contributed by atoms with van der Waals surface area (Å²) < 4.78 is 22.3. The van der Waals surface area contributed by atoms with Gasteiger partial charge in [0.15, 0.2) is 0 Å². The van der Waals surface area contributed by atoms with Crippen molar-refractivity contribution >= 4 is 25.4 Å². The lowest BCUT2D eigenvalue weighted by Gasteiger charge is -2.18. The second-order valence-corrected chi connectivity index (χ2v) is 7.02. The molecule has 0 bridgehead atoms. The number of rotatable bonds is 5. The number of likely N-dealkylation sites (N-methyl/N-ethyl adjacent to an activating group) is 1. The molecule has 1 aromatic heterocycles. The Hall–Kier alpha value is -1.59. The number of nitrogens with zero attached hydrogens (tertiary/aromatic N) is 2. The molecule has 106 valence electrons. The number of pyridine rings is 1. The summed E-state index contributed by atoms with van der Waals surface area (Å²) in [6.07, 6.45) is 4.33. The molecule has 0 fully saturated rings. The number of benzene rings is 1. The van der Waals surface area contributed by atoms with Gasteiger partial charge in [0.25, 0.3) is 9.05 Å². The van der Waals surface area contributed by atoms with Gasteiger partial charge in [0.2, 0.25) is 0 Å². The van der Waals surface area contributed by atoms with Crippen molar-refractivity contribution in [1.82, 2.24) is 4.98 Å². The van der Waals surface area contributed by atoms with Gasteiger partial charge in [-0.3, -0.25) is 4.98 Å². The van der Waals surface area contributed by atoms with Crippen LogP contribution < -0.4 is 4.90 Å². The second-order valence-electron chi connectivity index (χ2n) is 4.46. The Bertz CT molecular complexity index is 657. The molecular weight excluding hydrogens is 296 g/mol. The van der Waals surface area contributed by atoms with Crippen molar-refractivity contribution in [3.63, 3.8) is 0 Å². The Kier molecular flexibility index (Phi) is 4.62. The molecule has 20 heavy (non-hydrogen) atoms. The first-order chi connectivity index (χ1) is 9.47. The van der Waals surface area contributed by atoms with E-state index >= 15 is 0 Å². The average Bonchev–Trinajstić information content (AvgIpc) is 2.45. The molecule has 0 saturated heterocycles. The molecule has 0 unspecified atom stereocenters. The lowest BCUT2D eigenvalue weighted by molar-refractivity contribution is 0.609. The van der Waals surface area contributed by atoms with Gasteiger partial charge in [-0.1, -0.05) is 12.1 Å². The van der Waals surface area contributed by atoms with Crippen LogP contribution in [0.4, 0.5) is 5.69 Å². The Morgan fingerprint density at radius 2 is 1.70 bits per heavy atom. The molecule has 2 aromatic rings. The molecule has 4 nitrogen and oxygen atoms in total. The molecule has 0 spiro atoms. The van der Waals surface area contributed by atoms with Crippen LogP contribution in [0.1, 0.15) is 5.56 Å². The van der Waals surface area contributed by atoms with E-state index in [1.807, 2.05) is 19.2 Å². The van der Waals surface area contributed by atoms with E-state index in [9.17, 15) is 8.42 Å². The summed E-state index contributed by atoms with van der Waals surface area (Å²) in [6.45, 7) is 0.830. The van der Waals surface area contributed by atoms with Crippen molar-refractivity contribution in [2.75, 3.05) is 18.5 Å². The van der Waals surface area contributed by atoms with E-state index < -0.39 is 9.05 Å². The number of halogens is 1. The van der Waals surface area contributed by atoms with E-state index in [0.29, 0.717) is 0 Å². The third-order valence-electron chi connectivity index (χ3n) is 3.04. The first kappa shape index (κ1) is 14.8. The van der Waals surface area contributed by atoms with E-state index in [0.717, 1.165) is 24.2 Å². The Morgan fingerprint density at radius 3 is 2.25 bits per heavy atom. The Labute approximate surface area is 123 Å². The number of aromatic nitrogens is 1. The number of anilines is 1. The predicted molar refractivity (Wildman–Crippen MR) is 80.7 cm³/mol. The first-order valence-electron chi connectivity index (χ1n) is 6.11. The van der Waals surface area contributed by atoms with Crippen LogP contribution in [0.2, 0.25) is 0 Å². The van der Waals surface area contributed by atoms with Gasteiger partial charge in [-0.15, -0.1) is 0 Å². The molecule has 6 heteroatoms. The van der Waals surface area contributed by atoms with Gasteiger partial charge >= 0.3 is 0 Å². The molecule has 0 radical (unpaired) electrons. The van der Waals surface area contributed by atoms with Gasteiger partial charge in [-0.25, -0.2) is 8.42 Å². The minimum atomic E-state index is -3.64. The van der Waals surface area contributed by atoms with Gasteiger partial charge in [-0.05, 0) is 36.2 Å². The smallest absolute Gasteiger partial charge is 0.261 e. The highest BCUT2D eigenvalue weighted by Crippen LogP contribution is 2.16. The Morgan fingerprint density at radius 1 is 1.10 bits per heavy atom. The van der Waals surface area contributed by atoms with Crippen LogP contribution in [0.3, 0.4) is 0 Å². The first-order valence-corrected chi connectivity index (χ1v) is 8.42. The summed E-state index contributed by atoms with van der Waals surface area (Å²) in [5, 5.41) is 0. The third kappa shape index (κ3) is 3.95. The standard InChI is InChI=1S/C14H15ClN2O2S/c1-17(13-6-9-16-10-7-13)11-8-12-2-4-14(5-3-12)20(15,18)19/h2-7,9-10H,8,11H2,1H3. The van der Waals surface area contributed by atoms with Gasteiger partial charge < -0.3 is 4.90 Å². The molecule has 0 aliphatic heterocycles. The number of hydrogen-bond donors (Lipinski definition) is 0. The summed E-state index contributed by atoms with van der Waals surface area (Å²) in [4.78, 5) is 6.23. The normalized spacial score (nSPS) is 11.3. The fourth-order valence-electron chi connectivity index (χ4n) is 1.84. The van der Waals surface area contributed by atoms with E-state index in [2.05, 4.69) is 9.88 Å². The van der Waals surface area contributed by atoms with Gasteiger partial charge in [0.1, 0.15) is 0 Å². The van der Waals surface area contributed by atoms with Crippen LogP contribution in [0.25, 0.3) is 0 Å². The van der Waals surface area contributed by atoms with Gasteiger partial charge in [0.05, 0.1) is 4.90 Å². The maximum atomic E-state index is 11.1. The molecule has 0 atom stereocenters. The highest BCUT2D eigenvalue weighted by Gasteiger charge is 2.09. The van der Waals surface area contributed by atoms with Crippen molar-refractivity contribution in [2.45, 2.75) is 11.3 Å². The van der Waals surface area contributed by atoms with Gasteiger partial charge in [0, 0.05) is 42.4 Å². The minimum Gasteiger partial charge on any atom is -0.374 e. The molecule has 0 aliphatic rings. The number of hydrogen-bond acceptors (Lipinski definition) is 4. The largest absolute Gasteiger partial charge is 0.374 e. The molecule has 0 N–H and O–H groups in total. The highest BCUT2D eigenvalue weighted by atomic mass is 35.7. The zero-order valence-corrected chi connectivity index (χ0v) is 12.6. The summed E-state index contributed by atoms with van der Waals surface area (Å²) in [5.41, 5.74) is 2.16. The van der Waals surface area contributed by atoms with Crippen molar-refractivity contribution in [3.8, 4) is 0 Å². The third-order valence-corrected chi connectivity index (χ3v) is 4.41. The SMILES string of the molecule is CN(CCc1ccc(S(=O)(=O)Cl)cc1)c1ccncc1. The predicted octanol–water partition coefficient (Wildman–Crippen LogP) is 2.69. The molecule has 0 amide bonds. The van der Waals surface area contributed by atoms with Crippen molar-refractivity contribution in [3.05, 3.63) is 54.4 Å².